The number of carbonyl (C=O) groups is 1. The zero-order chi connectivity index (χ0) is 19.6. The van der Waals surface area contributed by atoms with Gasteiger partial charge in [-0.05, 0) is 74.0 Å². The smallest absolute Gasteiger partial charge is 0.390 e. The Morgan fingerprint density at radius 1 is 1.15 bits per heavy atom. The van der Waals surface area contributed by atoms with Gasteiger partial charge in [-0.3, -0.25) is 4.79 Å². The van der Waals surface area contributed by atoms with Crippen molar-refractivity contribution in [2.45, 2.75) is 83.6 Å². The number of ether oxygens (including phenoxy) is 1. The molecule has 0 spiro atoms. The van der Waals surface area contributed by atoms with Gasteiger partial charge in [0.2, 0.25) is 0 Å². The molecule has 0 aliphatic heterocycles. The molecule has 4 aliphatic rings. The number of carbonyl (C=O) groups excluding carboxylic acids is 1. The Hall–Kier alpha value is -0.620. The zero-order valence-electron chi connectivity index (χ0n) is 16.2. The lowest BCUT2D eigenvalue weighted by molar-refractivity contribution is -0.220. The van der Waals surface area contributed by atoms with Gasteiger partial charge in [-0.25, -0.2) is 0 Å². The second-order valence-electron chi connectivity index (χ2n) is 10.0. The molecule has 0 aromatic heterocycles. The fourth-order valence-corrected chi connectivity index (χ4v) is 7.40. The van der Waals surface area contributed by atoms with Gasteiger partial charge >= 0.3 is 6.18 Å². The topological polar surface area (TPSA) is 46.5 Å². The average Bonchev–Trinajstić information content (AvgIpc) is 2.88. The molecule has 0 bridgehead atoms. The Morgan fingerprint density at radius 2 is 1.89 bits per heavy atom. The molecule has 0 aromatic rings. The molecule has 3 nitrogen and oxygen atoms in total. The van der Waals surface area contributed by atoms with Crippen molar-refractivity contribution in [3.63, 3.8) is 0 Å². The van der Waals surface area contributed by atoms with Gasteiger partial charge in [-0.1, -0.05) is 13.8 Å². The molecule has 4 saturated carbocycles. The maximum absolute atomic E-state index is 12.6. The van der Waals surface area contributed by atoms with Gasteiger partial charge in [0.15, 0.2) is 0 Å². The number of hydrogen-bond acceptors (Lipinski definition) is 3. The maximum atomic E-state index is 12.6. The molecular weight excluding hydrogens is 357 g/mol. The van der Waals surface area contributed by atoms with Gasteiger partial charge in [-0.15, -0.1) is 0 Å². The van der Waals surface area contributed by atoms with Crippen molar-refractivity contribution in [1.29, 1.82) is 0 Å². The summed E-state index contributed by atoms with van der Waals surface area (Å²) in [6.07, 6.45) is 0.693. The van der Waals surface area contributed by atoms with Gasteiger partial charge in [0, 0.05) is 11.8 Å². The SMILES string of the molecule is C[C@]12C[C@H](OCC(F)(F)F)[C@@H](O)C[C@@H]1CC[C@@H]1[C@@H]2CC[C@]2(C)C(=O)CC[C@@H]12. The van der Waals surface area contributed by atoms with E-state index >= 15 is 0 Å². The van der Waals surface area contributed by atoms with E-state index in [9.17, 15) is 23.1 Å². The third-order valence-corrected chi connectivity index (χ3v) is 8.83. The average molecular weight is 388 g/mol. The first-order chi connectivity index (χ1) is 12.5. The molecule has 0 unspecified atom stereocenters. The Bertz CT molecular complexity index is 606. The quantitative estimate of drug-likeness (QED) is 0.757. The van der Waals surface area contributed by atoms with Crippen LogP contribution in [-0.2, 0) is 9.53 Å². The van der Waals surface area contributed by atoms with Crippen molar-refractivity contribution in [2.24, 2.45) is 34.5 Å². The number of aliphatic hydroxyl groups excluding tert-OH is 1. The first-order valence-corrected chi connectivity index (χ1v) is 10.4. The maximum Gasteiger partial charge on any atom is 0.411 e. The van der Waals surface area contributed by atoms with Crippen LogP contribution in [0.1, 0.15) is 65.2 Å². The number of fused-ring (bicyclic) bond motifs is 5. The number of Topliss-reactive ketones (excluding diaryl/α,β-unsaturated/α-hetero) is 1. The summed E-state index contributed by atoms with van der Waals surface area (Å²) in [6.45, 7) is 3.06. The van der Waals surface area contributed by atoms with Crippen molar-refractivity contribution >= 4 is 5.78 Å². The van der Waals surface area contributed by atoms with Crippen LogP contribution in [0.4, 0.5) is 13.2 Å². The van der Waals surface area contributed by atoms with E-state index in [4.69, 9.17) is 4.74 Å². The fourth-order valence-electron chi connectivity index (χ4n) is 7.40. The lowest BCUT2D eigenvalue weighted by Gasteiger charge is -2.61. The molecule has 0 radical (unpaired) electrons. The molecule has 0 aromatic carbocycles. The van der Waals surface area contributed by atoms with Crippen molar-refractivity contribution in [3.8, 4) is 0 Å². The summed E-state index contributed by atoms with van der Waals surface area (Å²) in [5.74, 6) is 2.06. The number of alkyl halides is 3. The van der Waals surface area contributed by atoms with Crippen LogP contribution in [-0.4, -0.2) is 35.9 Å². The molecule has 4 rings (SSSR count). The molecule has 0 heterocycles. The molecule has 8 atom stereocenters. The number of ketones is 1. The Kier molecular flexibility index (Phi) is 4.70. The molecule has 27 heavy (non-hydrogen) atoms. The lowest BCUT2D eigenvalue weighted by Crippen LogP contribution is -2.57. The number of halogens is 3. The van der Waals surface area contributed by atoms with Crippen LogP contribution in [0.3, 0.4) is 0 Å². The molecule has 0 saturated heterocycles. The molecule has 4 aliphatic carbocycles. The third-order valence-electron chi connectivity index (χ3n) is 8.83. The minimum absolute atomic E-state index is 0.106. The van der Waals surface area contributed by atoms with E-state index in [-0.39, 0.29) is 10.8 Å². The monoisotopic (exact) mass is 388 g/mol. The van der Waals surface area contributed by atoms with Crippen LogP contribution in [0.2, 0.25) is 0 Å². The van der Waals surface area contributed by atoms with Gasteiger partial charge in [0.25, 0.3) is 0 Å². The van der Waals surface area contributed by atoms with Crippen LogP contribution >= 0.6 is 0 Å². The molecular formula is C21H31F3O3. The normalized spacial score (nSPS) is 50.1. The van der Waals surface area contributed by atoms with E-state index in [0.29, 0.717) is 48.7 Å². The molecule has 4 fully saturated rings. The summed E-state index contributed by atoms with van der Waals surface area (Å²) in [5.41, 5.74) is -0.296. The van der Waals surface area contributed by atoms with E-state index in [2.05, 4.69) is 13.8 Å². The lowest BCUT2D eigenvalue weighted by atomic mass is 9.45. The Balaban J connectivity index is 1.55. The van der Waals surface area contributed by atoms with E-state index < -0.39 is 25.0 Å². The van der Waals surface area contributed by atoms with E-state index in [1.807, 2.05) is 0 Å². The van der Waals surface area contributed by atoms with Crippen molar-refractivity contribution < 1.29 is 27.8 Å². The van der Waals surface area contributed by atoms with Gasteiger partial charge in [-0.2, -0.15) is 13.2 Å². The molecule has 0 amide bonds. The second-order valence-corrected chi connectivity index (χ2v) is 10.0. The second kappa shape index (κ2) is 6.45. The van der Waals surface area contributed by atoms with Crippen LogP contribution in [0, 0.1) is 34.5 Å². The Morgan fingerprint density at radius 3 is 2.59 bits per heavy atom. The van der Waals surface area contributed by atoms with E-state index in [1.54, 1.807) is 0 Å². The summed E-state index contributed by atoms with van der Waals surface area (Å²) in [4.78, 5) is 12.5. The Labute approximate surface area is 159 Å². The third kappa shape index (κ3) is 3.15. The molecule has 6 heteroatoms. The van der Waals surface area contributed by atoms with Crippen molar-refractivity contribution in [2.75, 3.05) is 6.61 Å². The number of hydrogen-bond donors (Lipinski definition) is 1. The minimum atomic E-state index is -4.37. The number of rotatable bonds is 2. The highest BCUT2D eigenvalue weighted by atomic mass is 19.4. The zero-order valence-corrected chi connectivity index (χ0v) is 16.2. The standard InChI is InChI=1S/C21H31F3O3/c1-19-8-7-15-13(14(19)5-6-18(19)26)4-3-12-9-16(25)17(10-20(12,15)2)27-11-21(22,23)24/h12-17,25H,3-11H2,1-2H3/t12-,13-,14-,15-,16-,17-,19-,20-/m0/s1. The minimum Gasteiger partial charge on any atom is -0.390 e. The number of aliphatic hydroxyl groups is 1. The highest BCUT2D eigenvalue weighted by Crippen LogP contribution is 2.65. The predicted molar refractivity (Wildman–Crippen MR) is 93.9 cm³/mol. The highest BCUT2D eigenvalue weighted by Gasteiger charge is 2.61. The molecule has 154 valence electrons. The summed E-state index contributed by atoms with van der Waals surface area (Å²) >= 11 is 0. The summed E-state index contributed by atoms with van der Waals surface area (Å²) in [7, 11) is 0. The van der Waals surface area contributed by atoms with E-state index in [1.165, 1.54) is 0 Å². The van der Waals surface area contributed by atoms with Crippen LogP contribution in [0.25, 0.3) is 0 Å². The van der Waals surface area contributed by atoms with Crippen LogP contribution in [0.5, 0.6) is 0 Å². The molecule has 1 N–H and O–H groups in total. The van der Waals surface area contributed by atoms with Crippen molar-refractivity contribution in [1.82, 2.24) is 0 Å². The summed E-state index contributed by atoms with van der Waals surface area (Å²) in [5, 5.41) is 10.4. The highest BCUT2D eigenvalue weighted by molar-refractivity contribution is 5.87. The summed E-state index contributed by atoms with van der Waals surface area (Å²) in [6, 6.07) is 0. The fraction of sp³-hybridized carbons (Fsp3) is 0.952. The van der Waals surface area contributed by atoms with Gasteiger partial charge < -0.3 is 9.84 Å². The van der Waals surface area contributed by atoms with Crippen LogP contribution in [0.15, 0.2) is 0 Å². The van der Waals surface area contributed by atoms with Crippen LogP contribution < -0.4 is 0 Å². The van der Waals surface area contributed by atoms with Gasteiger partial charge in [0.1, 0.15) is 12.4 Å². The van der Waals surface area contributed by atoms with Gasteiger partial charge in [0.05, 0.1) is 12.2 Å². The largest absolute Gasteiger partial charge is 0.411 e. The first kappa shape index (κ1) is 19.7. The van der Waals surface area contributed by atoms with E-state index in [0.717, 1.165) is 32.1 Å². The predicted octanol–water partition coefficient (Wildman–Crippen LogP) is 4.52. The summed E-state index contributed by atoms with van der Waals surface area (Å²) < 4.78 is 43.0. The van der Waals surface area contributed by atoms with Crippen molar-refractivity contribution in [3.05, 3.63) is 0 Å². The first-order valence-electron chi connectivity index (χ1n) is 10.4.